The molecule has 2 heterocycles. The summed E-state index contributed by atoms with van der Waals surface area (Å²) in [5, 5.41) is 9.93. The van der Waals surface area contributed by atoms with Crippen molar-refractivity contribution in [2.75, 3.05) is 12.9 Å². The molecule has 0 bridgehead atoms. The van der Waals surface area contributed by atoms with Gasteiger partial charge in [-0.2, -0.15) is 0 Å². The molecule has 2 aromatic carbocycles. The molecule has 0 fully saturated rings. The number of methoxy groups -OCH3 is 1. The highest BCUT2D eigenvalue weighted by Crippen LogP contribution is 2.29. The van der Waals surface area contributed by atoms with Gasteiger partial charge in [-0.25, -0.2) is 0 Å². The van der Waals surface area contributed by atoms with Crippen molar-refractivity contribution in [2.45, 2.75) is 5.16 Å². The van der Waals surface area contributed by atoms with Crippen LogP contribution in [0, 0.1) is 0 Å². The first-order valence-corrected chi connectivity index (χ1v) is 10.4. The van der Waals surface area contributed by atoms with Crippen LogP contribution < -0.4 is 4.74 Å². The number of ether oxygens (including phenoxy) is 1. The van der Waals surface area contributed by atoms with E-state index in [0.717, 1.165) is 17.0 Å². The lowest BCUT2D eigenvalue weighted by Crippen LogP contribution is -2.05. The maximum atomic E-state index is 12.6. The number of thioether (sulfide) groups is 1. The Labute approximate surface area is 182 Å². The SMILES string of the molecule is COc1ccc(-n2c(SCC(=O)c3ccc(Cl)cc3)nnc2-c2ccncc2)cc1. The average Bonchev–Trinajstić information content (AvgIpc) is 3.22. The molecule has 0 spiro atoms. The molecular weight excluding hydrogens is 420 g/mol. The van der Waals surface area contributed by atoms with Gasteiger partial charge in [0.25, 0.3) is 0 Å². The van der Waals surface area contributed by atoms with Crippen LogP contribution in [0.25, 0.3) is 17.1 Å². The molecule has 0 atom stereocenters. The van der Waals surface area contributed by atoms with Crippen LogP contribution in [0.1, 0.15) is 10.4 Å². The van der Waals surface area contributed by atoms with Gasteiger partial charge in [0, 0.05) is 34.2 Å². The zero-order valence-electron chi connectivity index (χ0n) is 16.0. The van der Waals surface area contributed by atoms with Gasteiger partial charge < -0.3 is 4.74 Å². The van der Waals surface area contributed by atoms with E-state index in [9.17, 15) is 4.79 Å². The first kappa shape index (κ1) is 20.1. The third-order valence-electron chi connectivity index (χ3n) is 4.40. The largest absolute Gasteiger partial charge is 0.497 e. The molecule has 0 radical (unpaired) electrons. The van der Waals surface area contributed by atoms with Crippen molar-refractivity contribution >= 4 is 29.1 Å². The average molecular weight is 437 g/mol. The summed E-state index contributed by atoms with van der Waals surface area (Å²) < 4.78 is 7.19. The Morgan fingerprint density at radius 3 is 2.37 bits per heavy atom. The van der Waals surface area contributed by atoms with Gasteiger partial charge >= 0.3 is 0 Å². The molecule has 0 saturated heterocycles. The quantitative estimate of drug-likeness (QED) is 0.301. The Balaban J connectivity index is 1.66. The number of hydrogen-bond acceptors (Lipinski definition) is 6. The van der Waals surface area contributed by atoms with Crippen LogP contribution in [-0.4, -0.2) is 38.4 Å². The molecule has 2 aromatic heterocycles. The van der Waals surface area contributed by atoms with Crippen molar-refractivity contribution in [1.82, 2.24) is 19.7 Å². The molecule has 8 heteroatoms. The zero-order chi connectivity index (χ0) is 20.9. The van der Waals surface area contributed by atoms with Crippen LogP contribution in [0.5, 0.6) is 5.75 Å². The van der Waals surface area contributed by atoms with Gasteiger partial charge in [-0.05, 0) is 60.7 Å². The number of pyridine rings is 1. The second-order valence-electron chi connectivity index (χ2n) is 6.29. The van der Waals surface area contributed by atoms with Crippen LogP contribution in [-0.2, 0) is 0 Å². The predicted octanol–water partition coefficient (Wildman–Crippen LogP) is 4.97. The third-order valence-corrected chi connectivity index (χ3v) is 5.58. The van der Waals surface area contributed by atoms with E-state index in [-0.39, 0.29) is 11.5 Å². The van der Waals surface area contributed by atoms with Gasteiger partial charge in [-0.1, -0.05) is 23.4 Å². The molecule has 6 nitrogen and oxygen atoms in total. The smallest absolute Gasteiger partial charge is 0.196 e. The number of halogens is 1. The summed E-state index contributed by atoms with van der Waals surface area (Å²) in [6, 6.07) is 18.2. The predicted molar refractivity (Wildman–Crippen MR) is 118 cm³/mol. The van der Waals surface area contributed by atoms with Gasteiger partial charge in [0.1, 0.15) is 5.75 Å². The topological polar surface area (TPSA) is 69.9 Å². The summed E-state index contributed by atoms with van der Waals surface area (Å²) in [6.45, 7) is 0. The molecule has 150 valence electrons. The van der Waals surface area contributed by atoms with E-state index in [0.29, 0.717) is 21.6 Å². The Morgan fingerprint density at radius 1 is 1.00 bits per heavy atom. The number of nitrogens with zero attached hydrogens (tertiary/aromatic N) is 4. The number of Topliss-reactive ketones (excluding diaryl/α,β-unsaturated/α-hetero) is 1. The summed E-state index contributed by atoms with van der Waals surface area (Å²) in [7, 11) is 1.62. The minimum Gasteiger partial charge on any atom is -0.497 e. The second-order valence-corrected chi connectivity index (χ2v) is 7.67. The lowest BCUT2D eigenvalue weighted by molar-refractivity contribution is 0.102. The van der Waals surface area contributed by atoms with Crippen molar-refractivity contribution in [1.29, 1.82) is 0 Å². The lowest BCUT2D eigenvalue weighted by atomic mass is 10.1. The highest BCUT2D eigenvalue weighted by molar-refractivity contribution is 7.99. The van der Waals surface area contributed by atoms with Gasteiger partial charge in [0.2, 0.25) is 0 Å². The van der Waals surface area contributed by atoms with Crippen molar-refractivity contribution in [3.63, 3.8) is 0 Å². The first-order chi connectivity index (χ1) is 14.7. The fourth-order valence-electron chi connectivity index (χ4n) is 2.86. The summed E-state index contributed by atoms with van der Waals surface area (Å²) in [5.74, 6) is 1.64. The molecule has 0 aliphatic heterocycles. The zero-order valence-corrected chi connectivity index (χ0v) is 17.6. The number of rotatable bonds is 7. The van der Waals surface area contributed by atoms with Gasteiger partial charge in [0.05, 0.1) is 12.9 Å². The molecule has 0 N–H and O–H groups in total. The summed E-state index contributed by atoms with van der Waals surface area (Å²) in [5.41, 5.74) is 2.36. The maximum Gasteiger partial charge on any atom is 0.196 e. The lowest BCUT2D eigenvalue weighted by Gasteiger charge is -2.11. The van der Waals surface area contributed by atoms with Crippen LogP contribution in [0.3, 0.4) is 0 Å². The minimum atomic E-state index is -0.00795. The summed E-state index contributed by atoms with van der Waals surface area (Å²) in [6.07, 6.45) is 3.42. The molecule has 4 aromatic rings. The van der Waals surface area contributed by atoms with Crippen LogP contribution in [0.4, 0.5) is 0 Å². The van der Waals surface area contributed by atoms with Crippen molar-refractivity contribution in [3.05, 3.63) is 83.6 Å². The van der Waals surface area contributed by atoms with Crippen molar-refractivity contribution in [3.8, 4) is 22.8 Å². The van der Waals surface area contributed by atoms with E-state index in [1.165, 1.54) is 11.8 Å². The second kappa shape index (κ2) is 9.11. The Bertz CT molecular complexity index is 1150. The number of aromatic nitrogens is 4. The molecule has 0 amide bonds. The maximum absolute atomic E-state index is 12.6. The number of benzene rings is 2. The molecule has 0 unspecified atom stereocenters. The molecular formula is C22H17ClN4O2S. The van der Waals surface area contributed by atoms with Crippen molar-refractivity contribution < 1.29 is 9.53 Å². The number of carbonyl (C=O) groups is 1. The van der Waals surface area contributed by atoms with E-state index in [2.05, 4.69) is 15.2 Å². The minimum absolute atomic E-state index is 0.00795. The van der Waals surface area contributed by atoms with Crippen LogP contribution in [0.2, 0.25) is 5.02 Å². The monoisotopic (exact) mass is 436 g/mol. The van der Waals surface area contributed by atoms with E-state index >= 15 is 0 Å². The first-order valence-electron chi connectivity index (χ1n) is 9.07. The standard InChI is InChI=1S/C22H17ClN4O2S/c1-29-19-8-6-18(7-9-19)27-21(16-10-12-24-13-11-16)25-26-22(27)30-14-20(28)15-2-4-17(23)5-3-15/h2-13H,14H2,1H3. The van der Waals surface area contributed by atoms with E-state index in [1.54, 1.807) is 43.8 Å². The highest BCUT2D eigenvalue weighted by Gasteiger charge is 2.18. The van der Waals surface area contributed by atoms with Gasteiger partial charge in [0.15, 0.2) is 16.8 Å². The fraction of sp³-hybridized carbons (Fsp3) is 0.0909. The third kappa shape index (κ3) is 4.37. The van der Waals surface area contributed by atoms with E-state index in [1.807, 2.05) is 41.0 Å². The van der Waals surface area contributed by atoms with Crippen LogP contribution in [0.15, 0.2) is 78.2 Å². The molecule has 30 heavy (non-hydrogen) atoms. The van der Waals surface area contributed by atoms with Gasteiger partial charge in [-0.3, -0.25) is 14.3 Å². The Kier molecular flexibility index (Phi) is 6.11. The van der Waals surface area contributed by atoms with E-state index in [4.69, 9.17) is 16.3 Å². The number of ketones is 1. The summed E-state index contributed by atoms with van der Waals surface area (Å²) >= 11 is 7.24. The van der Waals surface area contributed by atoms with E-state index < -0.39 is 0 Å². The normalized spacial score (nSPS) is 10.7. The highest BCUT2D eigenvalue weighted by atomic mass is 35.5. The number of carbonyl (C=O) groups excluding carboxylic acids is 1. The van der Waals surface area contributed by atoms with Crippen LogP contribution >= 0.6 is 23.4 Å². The fourth-order valence-corrected chi connectivity index (χ4v) is 3.84. The number of hydrogen-bond donors (Lipinski definition) is 0. The van der Waals surface area contributed by atoms with Crippen molar-refractivity contribution in [2.24, 2.45) is 0 Å². The molecule has 0 aliphatic carbocycles. The Morgan fingerprint density at radius 2 is 1.70 bits per heavy atom. The Hall–Kier alpha value is -3.16. The molecule has 0 aliphatic rings. The molecule has 4 rings (SSSR count). The molecule has 0 saturated carbocycles. The summed E-state index contributed by atoms with van der Waals surface area (Å²) in [4.78, 5) is 16.7. The van der Waals surface area contributed by atoms with Gasteiger partial charge in [-0.15, -0.1) is 10.2 Å².